The van der Waals surface area contributed by atoms with Crippen LogP contribution in [0.2, 0.25) is 5.02 Å². The molecule has 1 aromatic heterocycles. The van der Waals surface area contributed by atoms with Crippen molar-refractivity contribution in [3.63, 3.8) is 0 Å². The Bertz CT molecular complexity index is 1030. The van der Waals surface area contributed by atoms with E-state index < -0.39 is 0 Å². The van der Waals surface area contributed by atoms with Crippen LogP contribution in [-0.2, 0) is 17.9 Å². The van der Waals surface area contributed by atoms with Crippen molar-refractivity contribution in [1.82, 2.24) is 15.1 Å². The number of carbonyl (C=O) groups is 1. The molecule has 0 radical (unpaired) electrons. The molecule has 2 aromatic carbocycles. The molecular weight excluding hydrogens is 414 g/mol. The Labute approximate surface area is 187 Å². The van der Waals surface area contributed by atoms with Crippen LogP contribution in [0.5, 0.6) is 11.5 Å². The second-order valence-electron chi connectivity index (χ2n) is 7.07. The molecule has 0 atom stereocenters. The number of aryl methyl sites for hydroxylation is 2. The van der Waals surface area contributed by atoms with Crippen molar-refractivity contribution in [3.8, 4) is 11.5 Å². The molecule has 0 spiro atoms. The number of carbonyl (C=O) groups excluding carboxylic acids is 1. The average Bonchev–Trinajstić information content (AvgIpc) is 3.20. The Hall–Kier alpha value is -3.25. The maximum atomic E-state index is 12.1. The third-order valence-corrected chi connectivity index (χ3v) is 4.81. The highest BCUT2D eigenvalue weighted by Crippen LogP contribution is 2.23. The number of ether oxygens (including phenoxy) is 2. The van der Waals surface area contributed by atoms with Crippen molar-refractivity contribution >= 4 is 23.6 Å². The summed E-state index contributed by atoms with van der Waals surface area (Å²) < 4.78 is 13.1. The molecule has 0 aliphatic carbocycles. The maximum absolute atomic E-state index is 12.1. The van der Waals surface area contributed by atoms with Gasteiger partial charge in [-0.25, -0.2) is 0 Å². The first-order chi connectivity index (χ1) is 15.0. The van der Waals surface area contributed by atoms with E-state index in [9.17, 15) is 4.79 Å². The minimum atomic E-state index is -0.147. The first-order valence-electron chi connectivity index (χ1n) is 10.0. The fourth-order valence-electron chi connectivity index (χ4n) is 2.95. The van der Waals surface area contributed by atoms with E-state index in [4.69, 9.17) is 21.1 Å². The lowest BCUT2D eigenvalue weighted by Gasteiger charge is -2.11. The molecule has 0 bridgehead atoms. The predicted octanol–water partition coefficient (Wildman–Crippen LogP) is 4.65. The van der Waals surface area contributed by atoms with E-state index in [0.717, 1.165) is 29.0 Å². The Morgan fingerprint density at radius 3 is 2.74 bits per heavy atom. The zero-order valence-electron chi connectivity index (χ0n) is 17.7. The fraction of sp³-hybridized carbons (Fsp3) is 0.250. The number of amides is 1. The summed E-state index contributed by atoms with van der Waals surface area (Å²) in [5.41, 5.74) is 2.98. The SMILES string of the molecule is COc1ccc(/C=C/C(=O)NCCCn2cc(Cl)cn2)cc1COc1ccc(C)cc1. The van der Waals surface area contributed by atoms with E-state index in [2.05, 4.69) is 10.4 Å². The molecule has 0 saturated heterocycles. The molecule has 6 nitrogen and oxygen atoms in total. The van der Waals surface area contributed by atoms with E-state index in [1.54, 1.807) is 30.3 Å². The third-order valence-electron chi connectivity index (χ3n) is 4.61. The molecule has 0 unspecified atom stereocenters. The average molecular weight is 440 g/mol. The smallest absolute Gasteiger partial charge is 0.244 e. The Balaban J connectivity index is 1.51. The lowest BCUT2D eigenvalue weighted by molar-refractivity contribution is -0.116. The van der Waals surface area contributed by atoms with Crippen LogP contribution in [-0.4, -0.2) is 29.3 Å². The largest absolute Gasteiger partial charge is 0.496 e. The molecule has 3 rings (SSSR count). The Morgan fingerprint density at radius 2 is 2.03 bits per heavy atom. The van der Waals surface area contributed by atoms with Gasteiger partial charge < -0.3 is 14.8 Å². The molecule has 0 aliphatic rings. The van der Waals surface area contributed by atoms with Crippen LogP contribution in [0, 0.1) is 6.92 Å². The summed E-state index contributed by atoms with van der Waals surface area (Å²) in [4.78, 5) is 12.1. The highest BCUT2D eigenvalue weighted by atomic mass is 35.5. The van der Waals surface area contributed by atoms with Gasteiger partial charge in [0.05, 0.1) is 18.3 Å². The van der Waals surface area contributed by atoms with Gasteiger partial charge in [-0.15, -0.1) is 0 Å². The third kappa shape index (κ3) is 7.19. The first kappa shape index (κ1) is 22.4. The van der Waals surface area contributed by atoms with Gasteiger partial charge in [0.15, 0.2) is 0 Å². The van der Waals surface area contributed by atoms with E-state index in [0.29, 0.717) is 24.7 Å². The number of hydrogen-bond donors (Lipinski definition) is 1. The summed E-state index contributed by atoms with van der Waals surface area (Å²) in [6.45, 7) is 3.66. The van der Waals surface area contributed by atoms with Crippen LogP contribution < -0.4 is 14.8 Å². The van der Waals surface area contributed by atoms with Crippen LogP contribution in [0.3, 0.4) is 0 Å². The molecule has 0 fully saturated rings. The monoisotopic (exact) mass is 439 g/mol. The molecule has 162 valence electrons. The van der Waals surface area contributed by atoms with Crippen LogP contribution in [0.15, 0.2) is 60.9 Å². The van der Waals surface area contributed by atoms with Crippen molar-refractivity contribution < 1.29 is 14.3 Å². The standard InChI is InChI=1S/C24H26ClN3O3/c1-18-4-8-22(9-5-18)31-17-20-14-19(6-10-23(20)30-2)7-11-24(29)26-12-3-13-28-16-21(25)15-27-28/h4-11,14-16H,3,12-13,17H2,1-2H3,(H,26,29)/b11-7+. The summed E-state index contributed by atoms with van der Waals surface area (Å²) >= 11 is 5.83. The van der Waals surface area contributed by atoms with Gasteiger partial charge >= 0.3 is 0 Å². The molecule has 0 aliphatic heterocycles. The summed E-state index contributed by atoms with van der Waals surface area (Å²) in [5.74, 6) is 1.39. The lowest BCUT2D eigenvalue weighted by atomic mass is 10.1. The van der Waals surface area contributed by atoms with Crippen molar-refractivity contribution in [2.24, 2.45) is 0 Å². The molecule has 7 heteroatoms. The van der Waals surface area contributed by atoms with Gasteiger partial charge in [0.25, 0.3) is 0 Å². The predicted molar refractivity (Wildman–Crippen MR) is 122 cm³/mol. The molecule has 3 aromatic rings. The number of nitrogens with zero attached hydrogens (tertiary/aromatic N) is 2. The van der Waals surface area contributed by atoms with Gasteiger partial charge in [-0.3, -0.25) is 9.48 Å². The number of nitrogens with one attached hydrogen (secondary N) is 1. The zero-order chi connectivity index (χ0) is 22.1. The van der Waals surface area contributed by atoms with E-state index in [-0.39, 0.29) is 5.91 Å². The van der Waals surface area contributed by atoms with Gasteiger partial charge in [-0.05, 0) is 49.2 Å². The first-order valence-corrected chi connectivity index (χ1v) is 10.4. The highest BCUT2D eigenvalue weighted by molar-refractivity contribution is 6.30. The summed E-state index contributed by atoms with van der Waals surface area (Å²) in [6.07, 6.45) is 7.42. The van der Waals surface area contributed by atoms with Crippen LogP contribution >= 0.6 is 11.6 Å². The van der Waals surface area contributed by atoms with E-state index in [1.165, 1.54) is 11.6 Å². The Kier molecular flexibility index (Phi) is 8.12. The minimum absolute atomic E-state index is 0.147. The normalized spacial score (nSPS) is 10.9. The van der Waals surface area contributed by atoms with Crippen molar-refractivity contribution in [2.45, 2.75) is 26.5 Å². The summed E-state index contributed by atoms with van der Waals surface area (Å²) in [6, 6.07) is 13.6. The molecule has 0 saturated carbocycles. The van der Waals surface area contributed by atoms with E-state index in [1.807, 2.05) is 49.4 Å². The number of hydrogen-bond acceptors (Lipinski definition) is 4. The molecule has 1 heterocycles. The van der Waals surface area contributed by atoms with Gasteiger partial charge in [0, 0.05) is 30.9 Å². The molecule has 1 N–H and O–H groups in total. The van der Waals surface area contributed by atoms with Crippen LogP contribution in [0.1, 0.15) is 23.1 Å². The van der Waals surface area contributed by atoms with Crippen molar-refractivity contribution in [2.75, 3.05) is 13.7 Å². The van der Waals surface area contributed by atoms with Gasteiger partial charge in [-0.1, -0.05) is 35.4 Å². The van der Waals surface area contributed by atoms with Crippen LogP contribution in [0.4, 0.5) is 0 Å². The number of methoxy groups -OCH3 is 1. The quantitative estimate of drug-likeness (QED) is 0.369. The van der Waals surface area contributed by atoms with Gasteiger partial charge in [0.2, 0.25) is 5.91 Å². The van der Waals surface area contributed by atoms with Gasteiger partial charge in [0.1, 0.15) is 18.1 Å². The number of halogens is 1. The fourth-order valence-corrected chi connectivity index (χ4v) is 3.11. The van der Waals surface area contributed by atoms with Gasteiger partial charge in [-0.2, -0.15) is 5.10 Å². The lowest BCUT2D eigenvalue weighted by Crippen LogP contribution is -2.23. The number of rotatable bonds is 10. The van der Waals surface area contributed by atoms with Crippen molar-refractivity contribution in [1.29, 1.82) is 0 Å². The van der Waals surface area contributed by atoms with Crippen molar-refractivity contribution in [3.05, 3.63) is 82.6 Å². The molecular formula is C24H26ClN3O3. The minimum Gasteiger partial charge on any atom is -0.496 e. The highest BCUT2D eigenvalue weighted by Gasteiger charge is 2.06. The molecule has 31 heavy (non-hydrogen) atoms. The Morgan fingerprint density at radius 1 is 1.23 bits per heavy atom. The number of benzene rings is 2. The second-order valence-corrected chi connectivity index (χ2v) is 7.51. The second kappa shape index (κ2) is 11.2. The maximum Gasteiger partial charge on any atom is 0.244 e. The topological polar surface area (TPSA) is 65.4 Å². The zero-order valence-corrected chi connectivity index (χ0v) is 18.4. The summed E-state index contributed by atoms with van der Waals surface area (Å²) in [5, 5.41) is 7.58. The van der Waals surface area contributed by atoms with E-state index >= 15 is 0 Å². The van der Waals surface area contributed by atoms with Crippen LogP contribution in [0.25, 0.3) is 6.08 Å². The summed E-state index contributed by atoms with van der Waals surface area (Å²) in [7, 11) is 1.63. The molecule has 1 amide bonds. The number of aromatic nitrogens is 2.